The lowest BCUT2D eigenvalue weighted by Gasteiger charge is -2.34. The number of nitrogens with two attached hydrogens (primary N) is 1. The molecule has 3 aromatic rings. The molecule has 2 aromatic heterocycles. The molecule has 5 rings (SSSR count). The van der Waals surface area contributed by atoms with Crippen LogP contribution in [0.4, 0.5) is 5.69 Å². The van der Waals surface area contributed by atoms with Crippen LogP contribution in [0.5, 0.6) is 5.88 Å². The Labute approximate surface area is 157 Å². The first kappa shape index (κ1) is 16.1. The largest absolute Gasteiger partial charge is 0.481 e. The summed E-state index contributed by atoms with van der Waals surface area (Å²) in [4.78, 5) is 24.2. The van der Waals surface area contributed by atoms with Crippen LogP contribution in [0.25, 0.3) is 22.2 Å². The first-order chi connectivity index (χ1) is 13.2. The number of hydrogen-bond donors (Lipinski definition) is 1. The van der Waals surface area contributed by atoms with Crippen LogP contribution < -0.4 is 10.5 Å². The summed E-state index contributed by atoms with van der Waals surface area (Å²) in [5.74, 6) is 0.566. The fraction of sp³-hybridized carbons (Fsp3) is 0.286. The number of carbonyl (C=O) groups excluding carboxylic acids is 1. The molecule has 1 amide bonds. The Morgan fingerprint density at radius 3 is 2.70 bits per heavy atom. The summed E-state index contributed by atoms with van der Waals surface area (Å²) in [6.07, 6.45) is 3.32. The Morgan fingerprint density at radius 1 is 1.15 bits per heavy atom. The van der Waals surface area contributed by atoms with Crippen molar-refractivity contribution in [3.05, 3.63) is 47.7 Å². The van der Waals surface area contributed by atoms with Gasteiger partial charge >= 0.3 is 0 Å². The van der Waals surface area contributed by atoms with Crippen molar-refractivity contribution in [3.63, 3.8) is 0 Å². The average Bonchev–Trinajstić information content (AvgIpc) is 2.96. The smallest absolute Gasteiger partial charge is 0.258 e. The summed E-state index contributed by atoms with van der Waals surface area (Å²) in [6.45, 7) is 0.541. The highest BCUT2D eigenvalue weighted by atomic mass is 16.5. The zero-order chi connectivity index (χ0) is 18.5. The van der Waals surface area contributed by atoms with E-state index >= 15 is 0 Å². The number of rotatable bonds is 3. The number of fused-ring (bicyclic) bond motifs is 2. The van der Waals surface area contributed by atoms with E-state index < -0.39 is 0 Å². The summed E-state index contributed by atoms with van der Waals surface area (Å²) in [5, 5.41) is 0.791. The average molecular weight is 360 g/mol. The lowest BCUT2D eigenvalue weighted by molar-refractivity contribution is 0.0606. The third-order valence-electron chi connectivity index (χ3n) is 5.65. The van der Waals surface area contributed by atoms with Gasteiger partial charge in [0.15, 0.2) is 0 Å². The molecular weight excluding hydrogens is 340 g/mol. The second-order valence-electron chi connectivity index (χ2n) is 7.13. The first-order valence-electron chi connectivity index (χ1n) is 9.21. The second kappa shape index (κ2) is 5.94. The van der Waals surface area contributed by atoms with Gasteiger partial charge in [-0.25, -0.2) is 9.97 Å². The molecule has 0 spiro atoms. The third-order valence-corrected chi connectivity index (χ3v) is 5.65. The van der Waals surface area contributed by atoms with E-state index in [1.807, 2.05) is 41.3 Å². The first-order valence-corrected chi connectivity index (χ1v) is 9.21. The fourth-order valence-corrected chi connectivity index (χ4v) is 3.97. The number of methoxy groups -OCH3 is 1. The van der Waals surface area contributed by atoms with Crippen molar-refractivity contribution in [3.8, 4) is 17.1 Å². The van der Waals surface area contributed by atoms with Crippen LogP contribution >= 0.6 is 0 Å². The van der Waals surface area contributed by atoms with E-state index in [1.165, 1.54) is 6.42 Å². The van der Waals surface area contributed by atoms with Crippen molar-refractivity contribution in [1.29, 1.82) is 0 Å². The zero-order valence-electron chi connectivity index (χ0n) is 15.1. The van der Waals surface area contributed by atoms with Crippen molar-refractivity contribution in [2.24, 2.45) is 0 Å². The number of carbonyl (C=O) groups is 1. The van der Waals surface area contributed by atoms with Crippen molar-refractivity contribution >= 4 is 22.5 Å². The molecule has 1 fully saturated rings. The minimum atomic E-state index is 0.0199. The predicted molar refractivity (Wildman–Crippen MR) is 103 cm³/mol. The topological polar surface area (TPSA) is 81.3 Å². The van der Waals surface area contributed by atoms with Crippen LogP contribution in [-0.2, 0) is 6.54 Å². The van der Waals surface area contributed by atoms with Gasteiger partial charge < -0.3 is 15.4 Å². The van der Waals surface area contributed by atoms with Gasteiger partial charge in [0.25, 0.3) is 5.91 Å². The normalized spacial score (nSPS) is 16.5. The van der Waals surface area contributed by atoms with Crippen LogP contribution in [-0.4, -0.2) is 33.9 Å². The molecule has 136 valence electrons. The molecule has 6 heteroatoms. The van der Waals surface area contributed by atoms with E-state index in [0.29, 0.717) is 29.7 Å². The van der Waals surface area contributed by atoms with Crippen molar-refractivity contribution in [2.75, 3.05) is 12.8 Å². The van der Waals surface area contributed by atoms with Gasteiger partial charge in [-0.2, -0.15) is 0 Å². The maximum atomic E-state index is 12.9. The Balaban J connectivity index is 1.68. The highest BCUT2D eigenvalue weighted by molar-refractivity contribution is 6.11. The summed E-state index contributed by atoms with van der Waals surface area (Å²) < 4.78 is 5.25. The van der Waals surface area contributed by atoms with Crippen LogP contribution in [0, 0.1) is 0 Å². The Kier molecular flexibility index (Phi) is 3.53. The van der Waals surface area contributed by atoms with Crippen LogP contribution in [0.15, 0.2) is 36.4 Å². The Bertz CT molecular complexity index is 1080. The SMILES string of the molecule is COc1cccc(-c2cccc3c(N)c4c(nc23)CN(C2CCC2)C4=O)n1. The maximum absolute atomic E-state index is 12.9. The van der Waals surface area contributed by atoms with Gasteiger partial charge in [0.05, 0.1) is 41.8 Å². The van der Waals surface area contributed by atoms with Crippen LogP contribution in [0.2, 0.25) is 0 Å². The molecule has 0 atom stereocenters. The molecule has 0 unspecified atom stereocenters. The lowest BCUT2D eigenvalue weighted by Crippen LogP contribution is -2.40. The zero-order valence-corrected chi connectivity index (χ0v) is 15.1. The number of nitrogen functional groups attached to an aromatic ring is 1. The standard InChI is InChI=1S/C21H20N4O2/c1-27-17-10-4-9-15(23-17)13-7-3-8-14-19(22)18-16(24-20(13)14)11-25(21(18)26)12-5-2-6-12/h3-4,7-10,12H,2,5-6,11H2,1H3,(H2,22,24). The number of benzene rings is 1. The molecule has 0 radical (unpaired) electrons. The van der Waals surface area contributed by atoms with Crippen molar-refractivity contribution < 1.29 is 9.53 Å². The van der Waals surface area contributed by atoms with E-state index in [9.17, 15) is 4.79 Å². The summed E-state index contributed by atoms with van der Waals surface area (Å²) in [7, 11) is 1.60. The minimum Gasteiger partial charge on any atom is -0.481 e. The molecule has 1 saturated carbocycles. The van der Waals surface area contributed by atoms with Gasteiger partial charge in [-0.1, -0.05) is 24.3 Å². The molecule has 3 heterocycles. The van der Waals surface area contributed by atoms with E-state index in [1.54, 1.807) is 7.11 Å². The van der Waals surface area contributed by atoms with Crippen LogP contribution in [0.1, 0.15) is 35.3 Å². The van der Waals surface area contributed by atoms with Gasteiger partial charge in [0.1, 0.15) is 0 Å². The summed E-state index contributed by atoms with van der Waals surface area (Å²) >= 11 is 0. The quantitative estimate of drug-likeness (QED) is 0.774. The molecular formula is C21H20N4O2. The van der Waals surface area contributed by atoms with Crippen molar-refractivity contribution in [1.82, 2.24) is 14.9 Å². The number of para-hydroxylation sites is 1. The third kappa shape index (κ3) is 2.36. The van der Waals surface area contributed by atoms with Gasteiger partial charge in [-0.3, -0.25) is 4.79 Å². The maximum Gasteiger partial charge on any atom is 0.258 e. The van der Waals surface area contributed by atoms with E-state index in [0.717, 1.165) is 40.7 Å². The molecule has 6 nitrogen and oxygen atoms in total. The van der Waals surface area contributed by atoms with Gasteiger partial charge in [0.2, 0.25) is 5.88 Å². The van der Waals surface area contributed by atoms with Gasteiger partial charge in [-0.05, 0) is 25.3 Å². The Morgan fingerprint density at radius 2 is 1.96 bits per heavy atom. The number of anilines is 1. The molecule has 1 aliphatic heterocycles. The summed E-state index contributed by atoms with van der Waals surface area (Å²) in [6, 6.07) is 11.8. The molecule has 2 N–H and O–H groups in total. The minimum absolute atomic E-state index is 0.0199. The predicted octanol–water partition coefficient (Wildman–Crippen LogP) is 3.40. The molecule has 27 heavy (non-hydrogen) atoms. The lowest BCUT2D eigenvalue weighted by atomic mass is 9.92. The summed E-state index contributed by atoms with van der Waals surface area (Å²) in [5.41, 5.74) is 10.7. The number of nitrogens with zero attached hydrogens (tertiary/aromatic N) is 3. The van der Waals surface area contributed by atoms with E-state index in [2.05, 4.69) is 4.98 Å². The number of ether oxygens (including phenoxy) is 1. The number of hydrogen-bond acceptors (Lipinski definition) is 5. The van der Waals surface area contributed by atoms with Gasteiger partial charge in [-0.15, -0.1) is 0 Å². The molecule has 2 aliphatic rings. The molecule has 1 aromatic carbocycles. The number of aromatic nitrogens is 2. The number of pyridine rings is 2. The number of amides is 1. The second-order valence-corrected chi connectivity index (χ2v) is 7.13. The van der Waals surface area contributed by atoms with E-state index in [4.69, 9.17) is 15.5 Å². The highest BCUT2D eigenvalue weighted by Crippen LogP contribution is 2.39. The van der Waals surface area contributed by atoms with E-state index in [-0.39, 0.29) is 5.91 Å². The monoisotopic (exact) mass is 360 g/mol. The van der Waals surface area contributed by atoms with Crippen LogP contribution in [0.3, 0.4) is 0 Å². The van der Waals surface area contributed by atoms with Gasteiger partial charge in [0, 0.05) is 23.1 Å². The fourth-order valence-electron chi connectivity index (χ4n) is 3.97. The highest BCUT2D eigenvalue weighted by Gasteiger charge is 2.38. The molecule has 0 saturated heterocycles. The molecule has 1 aliphatic carbocycles. The Hall–Kier alpha value is -3.15. The molecule has 0 bridgehead atoms. The van der Waals surface area contributed by atoms with Crippen molar-refractivity contribution in [2.45, 2.75) is 31.8 Å².